The molecule has 0 radical (unpaired) electrons. The number of carbonyl (C=O) groups is 1. The molecule has 5 nitrogen and oxygen atoms in total. The van der Waals surface area contributed by atoms with Gasteiger partial charge in [0.2, 0.25) is 0 Å². The van der Waals surface area contributed by atoms with Gasteiger partial charge in [-0.15, -0.1) is 0 Å². The maximum absolute atomic E-state index is 12.4. The van der Waals surface area contributed by atoms with Crippen LogP contribution in [0.5, 0.6) is 0 Å². The Balaban J connectivity index is 1.32. The summed E-state index contributed by atoms with van der Waals surface area (Å²) in [6, 6.07) is 12.3. The van der Waals surface area contributed by atoms with E-state index in [2.05, 4.69) is 32.2 Å². The molecule has 4 rings (SSSR count). The first-order valence-electron chi connectivity index (χ1n) is 10.1. The van der Waals surface area contributed by atoms with Gasteiger partial charge in [-0.1, -0.05) is 6.42 Å². The summed E-state index contributed by atoms with van der Waals surface area (Å²) >= 11 is 0. The summed E-state index contributed by atoms with van der Waals surface area (Å²) in [4.78, 5) is 21.5. The predicted octanol–water partition coefficient (Wildman–Crippen LogP) is 3.79. The van der Waals surface area contributed by atoms with E-state index in [-0.39, 0.29) is 5.91 Å². The van der Waals surface area contributed by atoms with Crippen LogP contribution in [0.25, 0.3) is 0 Å². The minimum absolute atomic E-state index is 0.0865. The normalized spacial score (nSPS) is 19.0. The fourth-order valence-electron chi connectivity index (χ4n) is 4.23. The van der Waals surface area contributed by atoms with Crippen molar-refractivity contribution in [2.45, 2.75) is 38.1 Å². The molecule has 142 valence electrons. The van der Waals surface area contributed by atoms with E-state index >= 15 is 0 Å². The topological polar surface area (TPSA) is 48.5 Å². The first-order chi connectivity index (χ1) is 13.3. The van der Waals surface area contributed by atoms with E-state index in [9.17, 15) is 4.79 Å². The van der Waals surface area contributed by atoms with Crippen molar-refractivity contribution in [1.29, 1.82) is 0 Å². The van der Waals surface area contributed by atoms with Crippen molar-refractivity contribution in [3.8, 4) is 0 Å². The highest BCUT2D eigenvalue weighted by Gasteiger charge is 2.25. The lowest BCUT2D eigenvalue weighted by atomic mass is 9.99. The second-order valence-corrected chi connectivity index (χ2v) is 7.55. The molecule has 1 aromatic heterocycles. The van der Waals surface area contributed by atoms with E-state index in [0.717, 1.165) is 24.8 Å². The molecule has 0 saturated carbocycles. The first kappa shape index (κ1) is 18.0. The second kappa shape index (κ2) is 8.53. The van der Waals surface area contributed by atoms with Gasteiger partial charge in [-0.25, -0.2) is 0 Å². The number of carbonyl (C=O) groups excluding carboxylic acids is 1. The monoisotopic (exact) mass is 364 g/mol. The third kappa shape index (κ3) is 4.48. The summed E-state index contributed by atoms with van der Waals surface area (Å²) in [6.07, 6.45) is 9.95. The van der Waals surface area contributed by atoms with Crippen LogP contribution in [0, 0.1) is 0 Å². The predicted molar refractivity (Wildman–Crippen MR) is 109 cm³/mol. The van der Waals surface area contributed by atoms with Gasteiger partial charge in [0.05, 0.1) is 0 Å². The van der Waals surface area contributed by atoms with Gasteiger partial charge in [0.15, 0.2) is 0 Å². The van der Waals surface area contributed by atoms with E-state index in [1.54, 1.807) is 24.5 Å². The Morgan fingerprint density at radius 2 is 1.56 bits per heavy atom. The number of rotatable bonds is 4. The van der Waals surface area contributed by atoms with Crippen molar-refractivity contribution in [3.63, 3.8) is 0 Å². The molecule has 0 bridgehead atoms. The highest BCUT2D eigenvalue weighted by atomic mass is 16.1. The third-order valence-corrected chi connectivity index (χ3v) is 5.80. The van der Waals surface area contributed by atoms with Crippen LogP contribution >= 0.6 is 0 Å². The molecule has 0 atom stereocenters. The van der Waals surface area contributed by atoms with Crippen LogP contribution in [0.1, 0.15) is 42.5 Å². The standard InChI is InChI=1S/C22H28N4O/c27-22(24-19-8-12-23-13-9-19)18-4-6-20(7-5-18)26-16-10-21(11-17-26)25-14-2-1-3-15-25/h4-9,12-13,21H,1-3,10-11,14-17H2,(H,23,24,27). The average molecular weight is 364 g/mol. The molecule has 0 spiro atoms. The molecule has 2 saturated heterocycles. The summed E-state index contributed by atoms with van der Waals surface area (Å²) in [5.41, 5.74) is 2.66. The molecule has 0 unspecified atom stereocenters. The number of hydrogen-bond acceptors (Lipinski definition) is 4. The van der Waals surface area contributed by atoms with Crippen molar-refractivity contribution < 1.29 is 4.79 Å². The fraction of sp³-hybridized carbons (Fsp3) is 0.455. The molecule has 2 aliphatic heterocycles. The number of nitrogens with one attached hydrogen (secondary N) is 1. The van der Waals surface area contributed by atoms with Crippen LogP contribution in [-0.2, 0) is 0 Å². The number of nitrogens with zero attached hydrogens (tertiary/aromatic N) is 3. The average Bonchev–Trinajstić information content (AvgIpc) is 2.75. The number of amides is 1. The van der Waals surface area contributed by atoms with Crippen LogP contribution in [0.15, 0.2) is 48.8 Å². The number of hydrogen-bond donors (Lipinski definition) is 1. The van der Waals surface area contributed by atoms with Gasteiger partial charge < -0.3 is 15.1 Å². The molecular weight excluding hydrogens is 336 g/mol. The maximum Gasteiger partial charge on any atom is 0.255 e. The number of benzene rings is 1. The van der Waals surface area contributed by atoms with Gasteiger partial charge >= 0.3 is 0 Å². The summed E-state index contributed by atoms with van der Waals surface area (Å²) in [7, 11) is 0. The van der Waals surface area contributed by atoms with Gasteiger partial charge in [-0.3, -0.25) is 9.78 Å². The van der Waals surface area contributed by atoms with E-state index in [1.807, 2.05) is 12.1 Å². The number of likely N-dealkylation sites (tertiary alicyclic amines) is 1. The molecule has 27 heavy (non-hydrogen) atoms. The Morgan fingerprint density at radius 1 is 0.889 bits per heavy atom. The second-order valence-electron chi connectivity index (χ2n) is 7.55. The van der Waals surface area contributed by atoms with Crippen LogP contribution in [0.4, 0.5) is 11.4 Å². The molecule has 0 aliphatic carbocycles. The summed E-state index contributed by atoms with van der Waals surface area (Å²) in [6.45, 7) is 4.77. The zero-order chi connectivity index (χ0) is 18.5. The lowest BCUT2D eigenvalue weighted by Crippen LogP contribution is -2.46. The smallest absolute Gasteiger partial charge is 0.255 e. The third-order valence-electron chi connectivity index (χ3n) is 5.80. The van der Waals surface area contributed by atoms with Crippen LogP contribution in [-0.4, -0.2) is 48.0 Å². The zero-order valence-corrected chi connectivity index (χ0v) is 15.8. The quantitative estimate of drug-likeness (QED) is 0.897. The van der Waals surface area contributed by atoms with Crippen LogP contribution < -0.4 is 10.2 Å². The molecule has 5 heteroatoms. The van der Waals surface area contributed by atoms with E-state index < -0.39 is 0 Å². The molecule has 1 aromatic carbocycles. The van der Waals surface area contributed by atoms with Gasteiger partial charge in [0.1, 0.15) is 0 Å². The highest BCUT2D eigenvalue weighted by molar-refractivity contribution is 6.04. The van der Waals surface area contributed by atoms with Gasteiger partial charge in [-0.05, 0) is 75.2 Å². The Labute approximate surface area is 161 Å². The summed E-state index contributed by atoms with van der Waals surface area (Å²) < 4.78 is 0. The van der Waals surface area contributed by atoms with Crippen molar-refractivity contribution in [2.75, 3.05) is 36.4 Å². The number of pyridine rings is 1. The molecule has 3 heterocycles. The number of aromatic nitrogens is 1. The molecule has 1 amide bonds. The Hall–Kier alpha value is -2.40. The largest absolute Gasteiger partial charge is 0.371 e. The highest BCUT2D eigenvalue weighted by Crippen LogP contribution is 2.25. The molecular formula is C22H28N4O. The van der Waals surface area contributed by atoms with Crippen LogP contribution in [0.3, 0.4) is 0 Å². The summed E-state index contributed by atoms with van der Waals surface area (Å²) in [5, 5.41) is 2.90. The zero-order valence-electron chi connectivity index (χ0n) is 15.8. The van der Waals surface area contributed by atoms with Gasteiger partial charge in [0, 0.05) is 48.5 Å². The molecule has 1 N–H and O–H groups in total. The van der Waals surface area contributed by atoms with Crippen molar-refractivity contribution in [2.24, 2.45) is 0 Å². The van der Waals surface area contributed by atoms with Crippen molar-refractivity contribution in [3.05, 3.63) is 54.4 Å². The van der Waals surface area contributed by atoms with Gasteiger partial charge in [0.25, 0.3) is 5.91 Å². The molecule has 2 aromatic rings. The molecule has 2 aliphatic rings. The first-order valence-corrected chi connectivity index (χ1v) is 10.1. The Kier molecular flexibility index (Phi) is 5.68. The van der Waals surface area contributed by atoms with E-state index in [0.29, 0.717) is 5.56 Å². The Bertz CT molecular complexity index is 733. The van der Waals surface area contributed by atoms with E-state index in [4.69, 9.17) is 0 Å². The van der Waals surface area contributed by atoms with Crippen molar-refractivity contribution in [1.82, 2.24) is 9.88 Å². The Morgan fingerprint density at radius 3 is 2.22 bits per heavy atom. The fourth-order valence-corrected chi connectivity index (χ4v) is 4.23. The SMILES string of the molecule is O=C(Nc1ccncc1)c1ccc(N2CCC(N3CCCCC3)CC2)cc1. The minimum atomic E-state index is -0.0865. The lowest BCUT2D eigenvalue weighted by Gasteiger charge is -2.41. The number of anilines is 2. The van der Waals surface area contributed by atoms with Crippen molar-refractivity contribution >= 4 is 17.3 Å². The summed E-state index contributed by atoms with van der Waals surface area (Å²) in [5.74, 6) is -0.0865. The molecule has 2 fully saturated rings. The number of piperidine rings is 2. The maximum atomic E-state index is 12.4. The van der Waals surface area contributed by atoms with Crippen LogP contribution in [0.2, 0.25) is 0 Å². The minimum Gasteiger partial charge on any atom is -0.371 e. The van der Waals surface area contributed by atoms with Gasteiger partial charge in [-0.2, -0.15) is 0 Å². The van der Waals surface area contributed by atoms with E-state index in [1.165, 1.54) is 50.9 Å². The lowest BCUT2D eigenvalue weighted by molar-refractivity contribution is 0.102.